The molecule has 9 rings (SSSR count). The second-order valence-electron chi connectivity index (χ2n) is 14.9. The number of alkyl halides is 2. The Morgan fingerprint density at radius 3 is 1.73 bits per heavy atom. The predicted molar refractivity (Wildman–Crippen MR) is 197 cm³/mol. The second kappa shape index (κ2) is 11.1. The molecule has 11 heteroatoms. The van der Waals surface area contributed by atoms with Crippen LogP contribution in [0.2, 0.25) is 0 Å². The summed E-state index contributed by atoms with van der Waals surface area (Å²) in [5.74, 6) is 0.442. The number of ether oxygens (including phenoxy) is 2. The lowest BCUT2D eigenvalue weighted by molar-refractivity contribution is -0.134. The van der Waals surface area contributed by atoms with Gasteiger partial charge in [-0.1, -0.05) is 24.3 Å². The molecule has 262 valence electrons. The van der Waals surface area contributed by atoms with Crippen LogP contribution in [-0.4, -0.2) is 55.1 Å². The number of amides is 2. The van der Waals surface area contributed by atoms with Crippen molar-refractivity contribution in [3.63, 3.8) is 0 Å². The standard InChI is InChI=1S/C40H37Cl2N3O6/c1-4-43-25-9-10-27-29(11-25)35-24(15-42)17-45(31(35)13-33(27)51-22(3)47)37(49)39-18-38(19-40(38,39)20-39)36(48)44-16-23(14-41)34-28-8-6-5-7-26(28)32(12-30(34)44)50-21(2)46/h5-13,23-24,43H,4,14-20H2,1-3H3. The van der Waals surface area contributed by atoms with Crippen molar-refractivity contribution in [2.75, 3.05) is 46.5 Å². The fraction of sp³-hybridized carbons (Fsp3) is 0.400. The van der Waals surface area contributed by atoms with Crippen LogP contribution in [-0.2, 0) is 19.2 Å². The van der Waals surface area contributed by atoms with Crippen molar-refractivity contribution in [2.45, 2.75) is 51.9 Å². The lowest BCUT2D eigenvalue weighted by Crippen LogP contribution is -2.49. The Kier molecular flexibility index (Phi) is 7.07. The highest BCUT2D eigenvalue weighted by Gasteiger charge is 3.01. The molecule has 3 aliphatic carbocycles. The molecule has 3 saturated carbocycles. The highest BCUT2D eigenvalue weighted by Crippen LogP contribution is 3.01. The molecule has 0 saturated heterocycles. The Balaban J connectivity index is 1.05. The molecule has 5 atom stereocenters. The number of nitrogens with zero attached hydrogens (tertiary/aromatic N) is 2. The van der Waals surface area contributed by atoms with Crippen molar-refractivity contribution in [2.24, 2.45) is 16.2 Å². The maximum absolute atomic E-state index is 14.7. The number of hydrogen-bond acceptors (Lipinski definition) is 7. The van der Waals surface area contributed by atoms with Gasteiger partial charge in [-0.25, -0.2) is 0 Å². The number of benzene rings is 4. The molecule has 0 radical (unpaired) electrons. The molecular formula is C40H37Cl2N3O6. The Labute approximate surface area is 305 Å². The third kappa shape index (κ3) is 4.28. The minimum absolute atomic E-state index is 0.0110. The first kappa shape index (κ1) is 32.6. The van der Waals surface area contributed by atoms with Gasteiger partial charge in [0.1, 0.15) is 11.5 Å². The lowest BCUT2D eigenvalue weighted by Gasteiger charge is -2.37. The van der Waals surface area contributed by atoms with E-state index >= 15 is 0 Å². The third-order valence-corrected chi connectivity index (χ3v) is 13.1. The Morgan fingerprint density at radius 1 is 0.725 bits per heavy atom. The minimum atomic E-state index is -0.621. The smallest absolute Gasteiger partial charge is 0.308 e. The van der Waals surface area contributed by atoms with Gasteiger partial charge in [-0.05, 0) is 66.3 Å². The van der Waals surface area contributed by atoms with E-state index < -0.39 is 22.8 Å². The normalized spacial score (nSPS) is 27.6. The largest absolute Gasteiger partial charge is 0.426 e. The molecule has 9 nitrogen and oxygen atoms in total. The molecular weight excluding hydrogens is 689 g/mol. The van der Waals surface area contributed by atoms with E-state index in [0.29, 0.717) is 61.3 Å². The molecule has 5 aliphatic rings. The summed E-state index contributed by atoms with van der Waals surface area (Å²) in [7, 11) is 0. The second-order valence-corrected chi connectivity index (χ2v) is 15.6. The molecule has 1 N–H and O–H groups in total. The summed E-state index contributed by atoms with van der Waals surface area (Å²) in [5, 5.41) is 6.77. The maximum atomic E-state index is 14.7. The van der Waals surface area contributed by atoms with Crippen LogP contribution in [0.1, 0.15) is 63.0 Å². The zero-order valence-corrected chi connectivity index (χ0v) is 30.1. The number of halogens is 2. The van der Waals surface area contributed by atoms with E-state index in [4.69, 9.17) is 32.7 Å². The van der Waals surface area contributed by atoms with E-state index in [-0.39, 0.29) is 29.1 Å². The number of carbonyl (C=O) groups is 4. The molecule has 3 fully saturated rings. The van der Waals surface area contributed by atoms with Gasteiger partial charge in [0, 0.05) is 91.1 Å². The SMILES string of the molecule is CCNc1ccc2c(OC(C)=O)cc3c(c2c1)C(CCl)CN3C(=O)C12CC3(C(=O)N4CC(CCl)c5c4cc(OC(C)=O)c4ccccc54)CC31C2. The fourth-order valence-corrected chi connectivity index (χ4v) is 10.7. The maximum Gasteiger partial charge on any atom is 0.308 e. The summed E-state index contributed by atoms with van der Waals surface area (Å²) in [5.41, 5.74) is 2.72. The van der Waals surface area contributed by atoms with Gasteiger partial charge in [0.15, 0.2) is 0 Å². The van der Waals surface area contributed by atoms with Crippen LogP contribution in [0, 0.1) is 16.2 Å². The summed E-state index contributed by atoms with van der Waals surface area (Å²) in [4.78, 5) is 57.3. The van der Waals surface area contributed by atoms with Crippen LogP contribution in [0.25, 0.3) is 21.5 Å². The van der Waals surface area contributed by atoms with Gasteiger partial charge in [-0.2, -0.15) is 0 Å². The zero-order valence-electron chi connectivity index (χ0n) is 28.6. The molecule has 1 spiro atoms. The highest BCUT2D eigenvalue weighted by molar-refractivity contribution is 6.20. The van der Waals surface area contributed by atoms with E-state index in [1.54, 1.807) is 6.07 Å². The molecule has 51 heavy (non-hydrogen) atoms. The van der Waals surface area contributed by atoms with Crippen molar-refractivity contribution in [3.05, 3.63) is 65.7 Å². The molecule has 2 amide bonds. The van der Waals surface area contributed by atoms with Crippen LogP contribution in [0.15, 0.2) is 54.6 Å². The van der Waals surface area contributed by atoms with E-state index in [9.17, 15) is 19.2 Å². The molecule has 4 aromatic rings. The summed E-state index contributed by atoms with van der Waals surface area (Å²) < 4.78 is 11.3. The number of hydrogen-bond donors (Lipinski definition) is 1. The molecule has 4 aromatic carbocycles. The first-order valence-corrected chi connectivity index (χ1v) is 18.6. The highest BCUT2D eigenvalue weighted by atomic mass is 35.5. The molecule has 0 aromatic heterocycles. The van der Waals surface area contributed by atoms with Gasteiger partial charge < -0.3 is 24.6 Å². The van der Waals surface area contributed by atoms with Crippen molar-refractivity contribution >= 4 is 85.6 Å². The average Bonchev–Trinajstić information content (AvgIpc) is 3.62. The van der Waals surface area contributed by atoms with Crippen molar-refractivity contribution in [1.29, 1.82) is 0 Å². The number of carbonyl (C=O) groups excluding carboxylic acids is 4. The Morgan fingerprint density at radius 2 is 1.24 bits per heavy atom. The summed E-state index contributed by atoms with van der Waals surface area (Å²) in [6.07, 6.45) is 1.80. The first-order valence-electron chi connectivity index (χ1n) is 17.6. The van der Waals surface area contributed by atoms with Crippen molar-refractivity contribution in [3.8, 4) is 11.5 Å². The number of fused-ring (bicyclic) bond motifs is 6. The summed E-state index contributed by atoms with van der Waals surface area (Å²) in [6.45, 7) is 6.36. The van der Waals surface area contributed by atoms with E-state index in [1.165, 1.54) is 13.8 Å². The van der Waals surface area contributed by atoms with Crippen LogP contribution in [0.5, 0.6) is 11.5 Å². The van der Waals surface area contributed by atoms with Gasteiger partial charge in [0.05, 0.1) is 22.2 Å². The topological polar surface area (TPSA) is 105 Å². The minimum Gasteiger partial charge on any atom is -0.426 e. The van der Waals surface area contributed by atoms with Crippen molar-refractivity contribution < 1.29 is 28.7 Å². The average molecular weight is 727 g/mol. The monoisotopic (exact) mass is 725 g/mol. The Hall–Kier alpha value is -4.34. The van der Waals surface area contributed by atoms with E-state index in [0.717, 1.165) is 50.6 Å². The first-order chi connectivity index (χ1) is 24.5. The van der Waals surface area contributed by atoms with Gasteiger partial charge in [-0.3, -0.25) is 19.2 Å². The summed E-state index contributed by atoms with van der Waals surface area (Å²) in [6, 6.07) is 17.3. The van der Waals surface area contributed by atoms with Gasteiger partial charge >= 0.3 is 11.9 Å². The van der Waals surface area contributed by atoms with Gasteiger partial charge in [-0.15, -0.1) is 23.2 Å². The number of esters is 2. The lowest BCUT2D eigenvalue weighted by atomic mass is 9.72. The molecule has 2 aliphatic heterocycles. The molecule has 0 bridgehead atoms. The molecule has 5 unspecified atom stereocenters. The van der Waals surface area contributed by atoms with Crippen LogP contribution in [0.3, 0.4) is 0 Å². The third-order valence-electron chi connectivity index (χ3n) is 12.3. The quantitative estimate of drug-likeness (QED) is 0.114. The van der Waals surface area contributed by atoms with Gasteiger partial charge in [0.25, 0.3) is 0 Å². The predicted octanol–water partition coefficient (Wildman–Crippen LogP) is 7.48. The Bertz CT molecular complexity index is 2260. The summed E-state index contributed by atoms with van der Waals surface area (Å²) >= 11 is 13.1. The zero-order chi connectivity index (χ0) is 35.6. The van der Waals surface area contributed by atoms with Crippen LogP contribution in [0.4, 0.5) is 17.1 Å². The fourth-order valence-electron chi connectivity index (χ4n) is 10.2. The number of anilines is 3. The molecule has 2 heterocycles. The van der Waals surface area contributed by atoms with E-state index in [2.05, 4.69) is 5.32 Å². The number of nitrogens with one attached hydrogen (secondary N) is 1. The van der Waals surface area contributed by atoms with Crippen molar-refractivity contribution in [1.82, 2.24) is 0 Å². The van der Waals surface area contributed by atoms with E-state index in [1.807, 2.05) is 65.3 Å². The number of rotatable bonds is 8. The van der Waals surface area contributed by atoms with Crippen LogP contribution < -0.4 is 24.6 Å². The van der Waals surface area contributed by atoms with Crippen LogP contribution >= 0.6 is 23.2 Å². The van der Waals surface area contributed by atoms with Gasteiger partial charge in [0.2, 0.25) is 11.8 Å².